The molecule has 1 amide bonds. The molecule has 6 heteroatoms. The molecule has 1 atom stereocenters. The van der Waals surface area contributed by atoms with Crippen LogP contribution in [0.1, 0.15) is 40.9 Å². The van der Waals surface area contributed by atoms with Crippen LogP contribution in [0.4, 0.5) is 0 Å². The number of hydrogen-bond donors (Lipinski definition) is 0. The van der Waals surface area contributed by atoms with Gasteiger partial charge < -0.3 is 18.8 Å². The van der Waals surface area contributed by atoms with Gasteiger partial charge >= 0.3 is 0 Å². The van der Waals surface area contributed by atoms with Gasteiger partial charge in [0.2, 0.25) is 0 Å². The van der Waals surface area contributed by atoms with E-state index in [1.54, 1.807) is 6.07 Å². The molecule has 0 spiro atoms. The van der Waals surface area contributed by atoms with E-state index < -0.39 is 0 Å². The van der Waals surface area contributed by atoms with Crippen LogP contribution >= 0.6 is 0 Å². The van der Waals surface area contributed by atoms with Crippen molar-refractivity contribution in [2.75, 3.05) is 26.2 Å². The first-order valence-corrected chi connectivity index (χ1v) is 8.29. The summed E-state index contributed by atoms with van der Waals surface area (Å²) in [6.07, 6.45) is 6.31. The molecule has 0 radical (unpaired) electrons. The van der Waals surface area contributed by atoms with Crippen molar-refractivity contribution in [2.24, 2.45) is 0 Å². The molecule has 122 valence electrons. The number of aryl methyl sites for hydroxylation is 1. The highest BCUT2D eigenvalue weighted by atomic mass is 16.3. The first kappa shape index (κ1) is 14.5. The Balaban J connectivity index is 1.55. The normalized spacial score (nSPS) is 21.6. The molecule has 1 fully saturated rings. The van der Waals surface area contributed by atoms with Crippen LogP contribution in [-0.4, -0.2) is 51.4 Å². The van der Waals surface area contributed by atoms with Gasteiger partial charge in [0.1, 0.15) is 5.76 Å². The van der Waals surface area contributed by atoms with Crippen LogP contribution < -0.4 is 0 Å². The number of aromatic nitrogens is 2. The summed E-state index contributed by atoms with van der Waals surface area (Å²) in [5, 5.41) is 0. The maximum Gasteiger partial charge on any atom is 0.289 e. The van der Waals surface area contributed by atoms with Crippen molar-refractivity contribution in [2.45, 2.75) is 32.4 Å². The third kappa shape index (κ3) is 2.79. The summed E-state index contributed by atoms with van der Waals surface area (Å²) in [7, 11) is 0. The van der Waals surface area contributed by atoms with E-state index in [2.05, 4.69) is 14.5 Å². The minimum absolute atomic E-state index is 0.0306. The Morgan fingerprint density at radius 1 is 1.35 bits per heavy atom. The second kappa shape index (κ2) is 5.85. The Morgan fingerprint density at radius 2 is 2.17 bits per heavy atom. The van der Waals surface area contributed by atoms with Gasteiger partial charge in [-0.15, -0.1) is 0 Å². The average molecular weight is 314 g/mol. The molecule has 1 saturated heterocycles. The van der Waals surface area contributed by atoms with Gasteiger partial charge in [0.05, 0.1) is 24.6 Å². The van der Waals surface area contributed by atoms with Crippen molar-refractivity contribution in [3.63, 3.8) is 0 Å². The minimum atomic E-state index is -0.0306. The maximum absolute atomic E-state index is 12.7. The second-order valence-electron chi connectivity index (χ2n) is 6.55. The van der Waals surface area contributed by atoms with Crippen LogP contribution in [0.5, 0.6) is 0 Å². The van der Waals surface area contributed by atoms with Crippen molar-refractivity contribution in [3.8, 4) is 0 Å². The van der Waals surface area contributed by atoms with Gasteiger partial charge in [-0.2, -0.15) is 0 Å². The number of imidazole rings is 1. The van der Waals surface area contributed by atoms with Gasteiger partial charge in [-0.05, 0) is 45.0 Å². The lowest BCUT2D eigenvalue weighted by atomic mass is 10.1. The smallest absolute Gasteiger partial charge is 0.289 e. The molecule has 2 aliphatic rings. The Kier molecular flexibility index (Phi) is 3.69. The number of rotatable bonds is 3. The lowest BCUT2D eigenvalue weighted by molar-refractivity contribution is 0.0625. The zero-order valence-electron chi connectivity index (χ0n) is 13.4. The van der Waals surface area contributed by atoms with Crippen molar-refractivity contribution in [1.29, 1.82) is 0 Å². The van der Waals surface area contributed by atoms with Gasteiger partial charge in [0.25, 0.3) is 5.91 Å². The predicted octanol–water partition coefficient (Wildman–Crippen LogP) is 2.08. The van der Waals surface area contributed by atoms with Gasteiger partial charge in [-0.25, -0.2) is 4.98 Å². The molecule has 6 nitrogen and oxygen atoms in total. The molecule has 2 aromatic rings. The van der Waals surface area contributed by atoms with Crippen LogP contribution in [0.2, 0.25) is 0 Å². The Bertz CT molecular complexity index is 699. The Labute approximate surface area is 135 Å². The molecular weight excluding hydrogens is 292 g/mol. The summed E-state index contributed by atoms with van der Waals surface area (Å²) < 4.78 is 7.74. The van der Waals surface area contributed by atoms with Crippen molar-refractivity contribution < 1.29 is 9.21 Å². The monoisotopic (exact) mass is 314 g/mol. The number of likely N-dealkylation sites (tertiary alicyclic amines) is 1. The van der Waals surface area contributed by atoms with Gasteiger partial charge in [-0.3, -0.25) is 4.79 Å². The summed E-state index contributed by atoms with van der Waals surface area (Å²) >= 11 is 0. The van der Waals surface area contributed by atoms with Crippen molar-refractivity contribution in [1.82, 2.24) is 19.4 Å². The van der Waals surface area contributed by atoms with Gasteiger partial charge in [-0.1, -0.05) is 0 Å². The van der Waals surface area contributed by atoms with E-state index in [0.29, 0.717) is 18.8 Å². The summed E-state index contributed by atoms with van der Waals surface area (Å²) in [4.78, 5) is 21.4. The van der Waals surface area contributed by atoms with E-state index >= 15 is 0 Å². The fourth-order valence-electron chi connectivity index (χ4n) is 3.65. The van der Waals surface area contributed by atoms with Crippen LogP contribution in [0.15, 0.2) is 29.1 Å². The minimum Gasteiger partial charge on any atom is -0.456 e. The summed E-state index contributed by atoms with van der Waals surface area (Å²) in [5.41, 5.74) is 1.09. The molecule has 0 saturated carbocycles. The number of amides is 1. The summed E-state index contributed by atoms with van der Waals surface area (Å²) in [6, 6.07) is 3.86. The van der Waals surface area contributed by atoms with E-state index in [0.717, 1.165) is 31.1 Å². The molecule has 4 heterocycles. The zero-order chi connectivity index (χ0) is 15.8. The summed E-state index contributed by atoms with van der Waals surface area (Å²) in [6.45, 7) is 6.45. The SMILES string of the molecule is Cc1ccc(C(=O)N2Cc3cncn3C(CN3CCCC3)C2)o1. The molecule has 0 N–H and O–H groups in total. The van der Waals surface area contributed by atoms with Crippen LogP contribution in [0, 0.1) is 6.92 Å². The standard InChI is InChI=1S/C17H22N4O2/c1-13-4-5-16(23-13)17(22)20-10-14-8-18-12-21(14)15(11-20)9-19-6-2-3-7-19/h4-5,8,12,15H,2-3,6-7,9-11H2,1H3. The fraction of sp³-hybridized carbons (Fsp3) is 0.529. The number of nitrogens with zero attached hydrogens (tertiary/aromatic N) is 4. The Morgan fingerprint density at radius 3 is 2.91 bits per heavy atom. The first-order valence-electron chi connectivity index (χ1n) is 8.29. The lowest BCUT2D eigenvalue weighted by Crippen LogP contribution is -2.44. The zero-order valence-corrected chi connectivity index (χ0v) is 13.4. The predicted molar refractivity (Wildman–Crippen MR) is 85.1 cm³/mol. The van der Waals surface area contributed by atoms with Crippen LogP contribution in [0.25, 0.3) is 0 Å². The highest BCUT2D eigenvalue weighted by Gasteiger charge is 2.31. The number of carbonyl (C=O) groups is 1. The molecule has 23 heavy (non-hydrogen) atoms. The largest absolute Gasteiger partial charge is 0.456 e. The number of hydrogen-bond acceptors (Lipinski definition) is 4. The van der Waals surface area contributed by atoms with Gasteiger partial charge in [0, 0.05) is 19.3 Å². The van der Waals surface area contributed by atoms with Crippen LogP contribution in [0.3, 0.4) is 0 Å². The maximum atomic E-state index is 12.7. The molecule has 2 aromatic heterocycles. The average Bonchev–Trinajstić information content (AvgIpc) is 3.27. The Hall–Kier alpha value is -2.08. The van der Waals surface area contributed by atoms with E-state index in [4.69, 9.17) is 4.42 Å². The van der Waals surface area contributed by atoms with Crippen molar-refractivity contribution >= 4 is 5.91 Å². The number of carbonyl (C=O) groups excluding carboxylic acids is 1. The second-order valence-corrected chi connectivity index (χ2v) is 6.55. The summed E-state index contributed by atoms with van der Waals surface area (Å²) in [5.74, 6) is 1.16. The molecule has 0 aliphatic carbocycles. The number of furan rings is 1. The fourth-order valence-corrected chi connectivity index (χ4v) is 3.65. The molecule has 0 aromatic carbocycles. The topological polar surface area (TPSA) is 54.5 Å². The molecule has 1 unspecified atom stereocenters. The molecule has 2 aliphatic heterocycles. The van der Waals surface area contributed by atoms with Crippen LogP contribution in [-0.2, 0) is 6.54 Å². The van der Waals surface area contributed by atoms with E-state index in [1.165, 1.54) is 12.8 Å². The third-order valence-corrected chi connectivity index (χ3v) is 4.83. The molecule has 4 rings (SSSR count). The van der Waals surface area contributed by atoms with Gasteiger partial charge in [0.15, 0.2) is 5.76 Å². The van der Waals surface area contributed by atoms with E-state index in [1.807, 2.05) is 30.4 Å². The quantitative estimate of drug-likeness (QED) is 0.870. The highest BCUT2D eigenvalue weighted by molar-refractivity contribution is 5.91. The number of fused-ring (bicyclic) bond motifs is 1. The molecule has 0 bridgehead atoms. The van der Waals surface area contributed by atoms with E-state index in [-0.39, 0.29) is 11.9 Å². The lowest BCUT2D eigenvalue weighted by Gasteiger charge is -2.36. The highest BCUT2D eigenvalue weighted by Crippen LogP contribution is 2.25. The van der Waals surface area contributed by atoms with Crippen molar-refractivity contribution in [3.05, 3.63) is 41.9 Å². The molecular formula is C17H22N4O2. The third-order valence-electron chi connectivity index (χ3n) is 4.83. The first-order chi connectivity index (χ1) is 11.2. The van der Waals surface area contributed by atoms with E-state index in [9.17, 15) is 4.79 Å².